The smallest absolute Gasteiger partial charge is 0.212 e. The second kappa shape index (κ2) is 14.3. The van der Waals surface area contributed by atoms with E-state index in [1.165, 1.54) is 32.1 Å². The molecule has 0 fully saturated rings. The standard InChI is InChI=1S/C27H52N2O3Si/c1-11-12-13-14-15-16-17-18-19-20-22(32-33(9,10)27(4,5)6)24-26(31-8)28-23(21(2)3)25(29-24)30-7/h17-18,21-24H,11-16,19-20H2,1-10H3/b18-17+/t22-,23-,24+/m1/s1. The Hall–Kier alpha value is -1.14. The molecule has 0 unspecified atom stereocenters. The van der Waals surface area contributed by atoms with Gasteiger partial charge in [-0.05, 0) is 49.7 Å². The highest BCUT2D eigenvalue weighted by Crippen LogP contribution is 2.39. The third-order valence-electron chi connectivity index (χ3n) is 6.95. The average molecular weight is 481 g/mol. The van der Waals surface area contributed by atoms with E-state index >= 15 is 0 Å². The van der Waals surface area contributed by atoms with Gasteiger partial charge in [0, 0.05) is 0 Å². The molecule has 1 heterocycles. The van der Waals surface area contributed by atoms with Gasteiger partial charge < -0.3 is 13.9 Å². The van der Waals surface area contributed by atoms with Crippen LogP contribution in [-0.4, -0.2) is 52.5 Å². The predicted octanol–water partition coefficient (Wildman–Crippen LogP) is 7.57. The van der Waals surface area contributed by atoms with Gasteiger partial charge >= 0.3 is 0 Å². The highest BCUT2D eigenvalue weighted by molar-refractivity contribution is 6.74. The average Bonchev–Trinajstić information content (AvgIpc) is 2.75. The van der Waals surface area contributed by atoms with Crippen LogP contribution in [-0.2, 0) is 13.9 Å². The Morgan fingerprint density at radius 1 is 0.879 bits per heavy atom. The summed E-state index contributed by atoms with van der Waals surface area (Å²) in [6.45, 7) is 18.0. The maximum Gasteiger partial charge on any atom is 0.212 e. The molecule has 3 atom stereocenters. The number of allylic oxidation sites excluding steroid dienone is 2. The summed E-state index contributed by atoms with van der Waals surface area (Å²) in [6, 6.07) is -0.376. The minimum atomic E-state index is -2.00. The van der Waals surface area contributed by atoms with Crippen molar-refractivity contribution in [3.8, 4) is 0 Å². The summed E-state index contributed by atoms with van der Waals surface area (Å²) < 4.78 is 18.3. The van der Waals surface area contributed by atoms with Crippen LogP contribution in [0, 0.1) is 5.92 Å². The van der Waals surface area contributed by atoms with Gasteiger partial charge in [0.05, 0.1) is 20.3 Å². The summed E-state index contributed by atoms with van der Waals surface area (Å²) in [6.07, 6.45) is 14.2. The van der Waals surface area contributed by atoms with E-state index in [-0.39, 0.29) is 29.1 Å². The van der Waals surface area contributed by atoms with Crippen LogP contribution in [0.4, 0.5) is 0 Å². The number of nitrogens with zero attached hydrogens (tertiary/aromatic N) is 2. The summed E-state index contributed by atoms with van der Waals surface area (Å²) >= 11 is 0. The lowest BCUT2D eigenvalue weighted by atomic mass is 10.00. The number of methoxy groups -OCH3 is 2. The largest absolute Gasteiger partial charge is 0.483 e. The quantitative estimate of drug-likeness (QED) is 0.155. The maximum atomic E-state index is 6.92. The van der Waals surface area contributed by atoms with Gasteiger partial charge in [-0.15, -0.1) is 0 Å². The number of unbranched alkanes of at least 4 members (excludes halogenated alkanes) is 5. The molecule has 0 aromatic heterocycles. The number of ether oxygens (including phenoxy) is 2. The lowest BCUT2D eigenvalue weighted by Gasteiger charge is -2.41. The van der Waals surface area contributed by atoms with Gasteiger partial charge in [0.1, 0.15) is 6.04 Å². The van der Waals surface area contributed by atoms with Crippen LogP contribution >= 0.6 is 0 Å². The third kappa shape index (κ3) is 9.56. The molecule has 6 heteroatoms. The third-order valence-corrected chi connectivity index (χ3v) is 11.5. The van der Waals surface area contributed by atoms with Gasteiger partial charge in [-0.3, -0.25) is 0 Å². The lowest BCUT2D eigenvalue weighted by molar-refractivity contribution is 0.152. The second-order valence-electron chi connectivity index (χ2n) is 11.1. The molecule has 0 bridgehead atoms. The summed E-state index contributed by atoms with van der Waals surface area (Å²) in [4.78, 5) is 9.89. The molecular formula is C27H52N2O3Si. The topological polar surface area (TPSA) is 52.4 Å². The van der Waals surface area contributed by atoms with Crippen LogP contribution in [0.15, 0.2) is 22.1 Å². The first kappa shape index (κ1) is 29.9. The molecule has 0 aliphatic carbocycles. The molecular weight excluding hydrogens is 428 g/mol. The molecule has 0 spiro atoms. The molecule has 1 aliphatic rings. The van der Waals surface area contributed by atoms with Crippen molar-refractivity contribution in [1.29, 1.82) is 0 Å². The van der Waals surface area contributed by atoms with E-state index in [2.05, 4.69) is 66.8 Å². The van der Waals surface area contributed by atoms with E-state index < -0.39 is 8.32 Å². The van der Waals surface area contributed by atoms with Gasteiger partial charge in [-0.25, -0.2) is 9.98 Å². The number of aliphatic imine (C=N–C) groups is 2. The van der Waals surface area contributed by atoms with Crippen molar-refractivity contribution in [3.05, 3.63) is 12.2 Å². The fraction of sp³-hybridized carbons (Fsp3) is 0.852. The van der Waals surface area contributed by atoms with Crippen LogP contribution in [0.25, 0.3) is 0 Å². The van der Waals surface area contributed by atoms with Gasteiger partial charge in [0.25, 0.3) is 0 Å². The minimum Gasteiger partial charge on any atom is -0.483 e. The molecule has 0 saturated carbocycles. The minimum absolute atomic E-state index is 0.0861. The molecule has 1 rings (SSSR count). The van der Waals surface area contributed by atoms with Crippen molar-refractivity contribution >= 4 is 20.1 Å². The first-order valence-corrected chi connectivity index (χ1v) is 16.0. The molecule has 0 amide bonds. The van der Waals surface area contributed by atoms with Crippen molar-refractivity contribution in [2.45, 2.75) is 129 Å². The van der Waals surface area contributed by atoms with Gasteiger partial charge in [-0.1, -0.05) is 79.4 Å². The zero-order valence-corrected chi connectivity index (χ0v) is 24.2. The fourth-order valence-corrected chi connectivity index (χ4v) is 5.12. The molecule has 192 valence electrons. The van der Waals surface area contributed by atoms with Gasteiger partial charge in [-0.2, -0.15) is 0 Å². The van der Waals surface area contributed by atoms with Crippen molar-refractivity contribution in [1.82, 2.24) is 0 Å². The van der Waals surface area contributed by atoms with Crippen LogP contribution in [0.3, 0.4) is 0 Å². The molecule has 0 aromatic carbocycles. The molecule has 5 nitrogen and oxygen atoms in total. The Balaban J connectivity index is 2.98. The molecule has 0 aromatic rings. The summed E-state index contributed by atoms with van der Waals surface area (Å²) in [5.74, 6) is 1.63. The Morgan fingerprint density at radius 2 is 1.42 bits per heavy atom. The van der Waals surface area contributed by atoms with Crippen molar-refractivity contribution in [2.75, 3.05) is 14.2 Å². The maximum absolute atomic E-state index is 6.92. The van der Waals surface area contributed by atoms with Gasteiger partial charge in [0.15, 0.2) is 14.4 Å². The Kier molecular flexibility index (Phi) is 13.0. The Bertz CT molecular complexity index is 650. The Morgan fingerprint density at radius 3 is 1.97 bits per heavy atom. The normalized spacial score (nSPS) is 20.7. The Labute approximate surface area is 205 Å². The first-order chi connectivity index (χ1) is 15.5. The molecule has 0 N–H and O–H groups in total. The van der Waals surface area contributed by atoms with E-state index in [0.29, 0.717) is 11.8 Å². The van der Waals surface area contributed by atoms with Crippen molar-refractivity contribution < 1.29 is 13.9 Å². The number of hydrogen-bond donors (Lipinski definition) is 0. The zero-order valence-electron chi connectivity index (χ0n) is 23.2. The second-order valence-corrected chi connectivity index (χ2v) is 15.9. The van der Waals surface area contributed by atoms with E-state index in [1.807, 2.05) is 0 Å². The fourth-order valence-electron chi connectivity index (χ4n) is 3.76. The molecule has 33 heavy (non-hydrogen) atoms. The van der Waals surface area contributed by atoms with Gasteiger partial charge in [0.2, 0.25) is 11.8 Å². The number of hydrogen-bond acceptors (Lipinski definition) is 5. The van der Waals surface area contributed by atoms with E-state index in [0.717, 1.165) is 19.3 Å². The monoisotopic (exact) mass is 480 g/mol. The molecule has 0 saturated heterocycles. The number of rotatable bonds is 13. The van der Waals surface area contributed by atoms with Crippen LogP contribution in [0.5, 0.6) is 0 Å². The molecule has 0 radical (unpaired) electrons. The summed E-state index contributed by atoms with van der Waals surface area (Å²) in [5, 5.41) is 0.118. The van der Waals surface area contributed by atoms with Crippen LogP contribution in [0.1, 0.15) is 92.9 Å². The van der Waals surface area contributed by atoms with Crippen molar-refractivity contribution in [2.24, 2.45) is 15.9 Å². The summed E-state index contributed by atoms with van der Waals surface area (Å²) in [5.41, 5.74) is 0. The SMILES string of the molecule is CCCCCCC/C=C/CC[C@@H](O[Si](C)(C)C(C)(C)C)[C@@H]1N=C(OC)[C@@H](C(C)C)N=C1OC. The highest BCUT2D eigenvalue weighted by atomic mass is 28.4. The van der Waals surface area contributed by atoms with E-state index in [9.17, 15) is 0 Å². The predicted molar refractivity (Wildman–Crippen MR) is 145 cm³/mol. The summed E-state index contributed by atoms with van der Waals surface area (Å²) in [7, 11) is 1.37. The van der Waals surface area contributed by atoms with E-state index in [4.69, 9.17) is 23.9 Å². The highest BCUT2D eigenvalue weighted by Gasteiger charge is 2.43. The first-order valence-electron chi connectivity index (χ1n) is 13.0. The molecule has 1 aliphatic heterocycles. The zero-order chi connectivity index (χ0) is 25.1. The van der Waals surface area contributed by atoms with Crippen molar-refractivity contribution in [3.63, 3.8) is 0 Å². The lowest BCUT2D eigenvalue weighted by Crippen LogP contribution is -2.50. The van der Waals surface area contributed by atoms with E-state index in [1.54, 1.807) is 14.2 Å². The van der Waals surface area contributed by atoms with Crippen LogP contribution in [0.2, 0.25) is 18.1 Å². The van der Waals surface area contributed by atoms with Crippen LogP contribution < -0.4 is 0 Å².